The average molecular weight is 131 g/mol. The first-order valence-corrected chi connectivity index (χ1v) is 1.68. The molecule has 0 fully saturated rings. The van der Waals surface area contributed by atoms with E-state index in [1.165, 1.54) is 0 Å². The molecule has 0 aliphatic rings. The van der Waals surface area contributed by atoms with Crippen LogP contribution in [0.25, 0.3) is 0 Å². The summed E-state index contributed by atoms with van der Waals surface area (Å²) in [4.78, 5) is 0. The topological polar surface area (TPSA) is 20.2 Å². The van der Waals surface area contributed by atoms with E-state index in [2.05, 4.69) is 0 Å². The van der Waals surface area contributed by atoms with Crippen LogP contribution in [0.15, 0.2) is 0 Å². The molecule has 0 heterocycles. The molecule has 0 rings (SSSR count). The summed E-state index contributed by atoms with van der Waals surface area (Å²) in [6.45, 7) is -1.84. The Balaban J connectivity index is 3.71. The first-order valence-electron chi connectivity index (χ1n) is 1.68. The summed E-state index contributed by atoms with van der Waals surface area (Å²) in [5.74, 6) is -4.32. The third-order valence-corrected chi connectivity index (χ3v) is 0.475. The number of rotatable bonds is 2. The Kier molecular flexibility index (Phi) is 2.21. The molecule has 0 aliphatic heterocycles. The van der Waals surface area contributed by atoms with Crippen LogP contribution in [0.1, 0.15) is 0 Å². The van der Waals surface area contributed by atoms with E-state index in [1.807, 2.05) is 0 Å². The second kappa shape index (κ2) is 2.30. The maximum absolute atomic E-state index is 11.2. The summed E-state index contributed by atoms with van der Waals surface area (Å²) in [7, 11) is 0. The van der Waals surface area contributed by atoms with Gasteiger partial charge >= 0.3 is 12.3 Å². The Morgan fingerprint density at radius 2 is 1.75 bits per heavy atom. The van der Waals surface area contributed by atoms with E-state index in [-0.39, 0.29) is 0 Å². The van der Waals surface area contributed by atoms with Gasteiger partial charge in [-0.25, -0.2) is 0 Å². The zero-order chi connectivity index (χ0) is 6.78. The number of aliphatic hydroxyl groups is 1. The lowest BCUT2D eigenvalue weighted by Gasteiger charge is -2.07. The standard InChI is InChI=1S/C3H3F4O/c4-2(5)3(6,7)1-8/h8H,1H2. The van der Waals surface area contributed by atoms with Gasteiger partial charge in [0.25, 0.3) is 0 Å². The normalized spacial score (nSPS) is 12.8. The minimum atomic E-state index is -4.32. The summed E-state index contributed by atoms with van der Waals surface area (Å²) >= 11 is 0. The van der Waals surface area contributed by atoms with Crippen molar-refractivity contribution in [3.8, 4) is 0 Å². The lowest BCUT2D eigenvalue weighted by Crippen LogP contribution is -2.24. The van der Waals surface area contributed by atoms with Crippen molar-refractivity contribution in [1.82, 2.24) is 0 Å². The Bertz CT molecular complexity index is 71.7. The zero-order valence-electron chi connectivity index (χ0n) is 3.67. The van der Waals surface area contributed by atoms with Gasteiger partial charge in [0.1, 0.15) is 6.61 Å². The van der Waals surface area contributed by atoms with E-state index in [9.17, 15) is 17.6 Å². The Morgan fingerprint density at radius 3 is 1.75 bits per heavy atom. The quantitative estimate of drug-likeness (QED) is 0.555. The fourth-order valence-electron chi connectivity index (χ4n) is 0.0598. The maximum atomic E-state index is 11.2. The summed E-state index contributed by atoms with van der Waals surface area (Å²) < 4.78 is 44.1. The molecule has 0 saturated carbocycles. The van der Waals surface area contributed by atoms with E-state index in [1.54, 1.807) is 0 Å². The van der Waals surface area contributed by atoms with Crippen molar-refractivity contribution in [2.75, 3.05) is 6.61 Å². The number of aliphatic hydroxyl groups excluding tert-OH is 1. The van der Waals surface area contributed by atoms with Crippen LogP contribution < -0.4 is 0 Å². The smallest absolute Gasteiger partial charge is 0.380 e. The van der Waals surface area contributed by atoms with Gasteiger partial charge in [0.05, 0.1) is 0 Å². The minimum Gasteiger partial charge on any atom is -0.390 e. The second-order valence-corrected chi connectivity index (χ2v) is 1.12. The van der Waals surface area contributed by atoms with Crippen molar-refractivity contribution >= 4 is 0 Å². The summed E-state index contributed by atoms with van der Waals surface area (Å²) in [6, 6.07) is 0. The molecular formula is C3H3F4O. The van der Waals surface area contributed by atoms with Gasteiger partial charge in [-0.2, -0.15) is 17.6 Å². The highest BCUT2D eigenvalue weighted by Gasteiger charge is 2.41. The van der Waals surface area contributed by atoms with Crippen LogP contribution in [0.2, 0.25) is 0 Å². The van der Waals surface area contributed by atoms with Gasteiger partial charge in [-0.1, -0.05) is 0 Å². The highest BCUT2D eigenvalue weighted by Crippen LogP contribution is 2.27. The van der Waals surface area contributed by atoms with Gasteiger partial charge in [0, 0.05) is 0 Å². The van der Waals surface area contributed by atoms with Crippen molar-refractivity contribution in [2.24, 2.45) is 0 Å². The molecule has 0 spiro atoms. The number of alkyl halides is 2. The molecule has 0 aromatic carbocycles. The fourth-order valence-corrected chi connectivity index (χ4v) is 0.0598. The molecule has 1 nitrogen and oxygen atoms in total. The fraction of sp³-hybridized carbons (Fsp3) is 0.667. The van der Waals surface area contributed by atoms with Crippen LogP contribution in [-0.4, -0.2) is 17.6 Å². The van der Waals surface area contributed by atoms with Gasteiger partial charge in [0.2, 0.25) is 0 Å². The summed E-state index contributed by atoms with van der Waals surface area (Å²) in [5, 5.41) is 7.51. The third kappa shape index (κ3) is 1.65. The number of hydrogen-bond donors (Lipinski definition) is 1. The Morgan fingerprint density at radius 1 is 1.38 bits per heavy atom. The van der Waals surface area contributed by atoms with Crippen LogP contribution in [0.5, 0.6) is 0 Å². The first-order chi connectivity index (χ1) is 3.50. The molecule has 0 amide bonds. The monoisotopic (exact) mass is 131 g/mol. The molecule has 0 aromatic heterocycles. The van der Waals surface area contributed by atoms with Crippen molar-refractivity contribution in [3.63, 3.8) is 0 Å². The zero-order valence-corrected chi connectivity index (χ0v) is 3.67. The van der Waals surface area contributed by atoms with Crippen LogP contribution in [0.4, 0.5) is 17.6 Å². The second-order valence-electron chi connectivity index (χ2n) is 1.12. The van der Waals surface area contributed by atoms with Gasteiger partial charge < -0.3 is 5.11 Å². The number of hydrogen-bond acceptors (Lipinski definition) is 1. The van der Waals surface area contributed by atoms with Crippen molar-refractivity contribution in [3.05, 3.63) is 6.43 Å². The molecule has 8 heavy (non-hydrogen) atoms. The number of halogens is 4. The lowest BCUT2D eigenvalue weighted by atomic mass is 10.4. The van der Waals surface area contributed by atoms with E-state index < -0.39 is 19.0 Å². The van der Waals surface area contributed by atoms with E-state index in [4.69, 9.17) is 5.11 Å². The van der Waals surface area contributed by atoms with Crippen molar-refractivity contribution < 1.29 is 22.7 Å². The molecule has 5 heteroatoms. The highest BCUT2D eigenvalue weighted by molar-refractivity contribution is 4.81. The van der Waals surface area contributed by atoms with Gasteiger partial charge in [-0.3, -0.25) is 0 Å². The minimum absolute atomic E-state index is 1.84. The maximum Gasteiger partial charge on any atom is 0.380 e. The van der Waals surface area contributed by atoms with E-state index >= 15 is 0 Å². The van der Waals surface area contributed by atoms with Gasteiger partial charge in [-0.05, 0) is 0 Å². The van der Waals surface area contributed by atoms with E-state index in [0.717, 1.165) is 0 Å². The summed E-state index contributed by atoms with van der Waals surface area (Å²) in [5.41, 5.74) is 0. The van der Waals surface area contributed by atoms with Crippen LogP contribution in [0.3, 0.4) is 0 Å². The highest BCUT2D eigenvalue weighted by atomic mass is 19.3. The molecule has 0 unspecified atom stereocenters. The molecule has 0 bridgehead atoms. The molecule has 0 atom stereocenters. The molecule has 0 aromatic rings. The van der Waals surface area contributed by atoms with Crippen molar-refractivity contribution in [1.29, 1.82) is 0 Å². The van der Waals surface area contributed by atoms with E-state index in [0.29, 0.717) is 0 Å². The van der Waals surface area contributed by atoms with Crippen LogP contribution >= 0.6 is 0 Å². The average Bonchev–Trinajstić information content (AvgIpc) is 1.67. The Labute approximate surface area is 42.9 Å². The molecule has 0 saturated heterocycles. The molecule has 49 valence electrons. The Hall–Kier alpha value is -0.320. The lowest BCUT2D eigenvalue weighted by molar-refractivity contribution is -0.0945. The largest absolute Gasteiger partial charge is 0.390 e. The predicted octanol–water partition coefficient (Wildman–Crippen LogP) is 1.04. The summed E-state index contributed by atoms with van der Waals surface area (Å²) in [6.07, 6.45) is -3.06. The van der Waals surface area contributed by atoms with Crippen molar-refractivity contribution in [2.45, 2.75) is 5.92 Å². The molecule has 1 N–H and O–H groups in total. The third-order valence-electron chi connectivity index (χ3n) is 0.475. The SMILES string of the molecule is OCC(F)(F)[C](F)F. The van der Waals surface area contributed by atoms with Crippen LogP contribution in [-0.2, 0) is 0 Å². The first kappa shape index (κ1) is 7.68. The van der Waals surface area contributed by atoms with Gasteiger partial charge in [-0.15, -0.1) is 0 Å². The molecule has 1 radical (unpaired) electrons. The predicted molar refractivity (Wildman–Crippen MR) is 17.5 cm³/mol. The van der Waals surface area contributed by atoms with Crippen LogP contribution in [0, 0.1) is 6.43 Å². The molecular weight excluding hydrogens is 128 g/mol. The molecule has 0 aliphatic carbocycles. The van der Waals surface area contributed by atoms with Gasteiger partial charge in [0.15, 0.2) is 0 Å².